The van der Waals surface area contributed by atoms with Crippen molar-refractivity contribution in [2.45, 2.75) is 43.0 Å². The van der Waals surface area contributed by atoms with Crippen LogP contribution in [0, 0.1) is 0 Å². The molecule has 0 bridgehead atoms. The molecule has 0 unspecified atom stereocenters. The molecule has 0 radical (unpaired) electrons. The number of carbonyl (C=O) groups is 2. The molecule has 0 heterocycles. The molecular weight excluding hydrogens is 436 g/mol. The lowest BCUT2D eigenvalue weighted by Gasteiger charge is -2.31. The molecule has 0 aliphatic heterocycles. The molecule has 0 spiro atoms. The monoisotopic (exact) mass is 460 g/mol. The van der Waals surface area contributed by atoms with Crippen molar-refractivity contribution in [2.75, 3.05) is 18.1 Å². The largest absolute Gasteiger partial charge is 0.342 e. The third kappa shape index (κ3) is 5.61. The molecule has 2 aromatic carbocycles. The Bertz CT molecular complexity index is 820. The molecule has 1 saturated carbocycles. The minimum atomic E-state index is -0.168. The highest BCUT2D eigenvalue weighted by atomic mass is 79.9. The maximum absolute atomic E-state index is 12.7. The van der Waals surface area contributed by atoms with Crippen LogP contribution in [0.1, 0.15) is 42.5 Å². The molecule has 4 nitrogen and oxygen atoms in total. The van der Waals surface area contributed by atoms with E-state index in [1.54, 1.807) is 6.07 Å². The Labute approximate surface area is 179 Å². The van der Waals surface area contributed by atoms with Crippen molar-refractivity contribution in [3.05, 3.63) is 58.6 Å². The van der Waals surface area contributed by atoms with E-state index in [4.69, 9.17) is 0 Å². The second kappa shape index (κ2) is 10.1. The molecule has 3 rings (SSSR count). The van der Waals surface area contributed by atoms with Crippen molar-refractivity contribution < 1.29 is 9.59 Å². The van der Waals surface area contributed by atoms with Crippen LogP contribution in [-0.4, -0.2) is 35.6 Å². The quantitative estimate of drug-likeness (QED) is 0.571. The van der Waals surface area contributed by atoms with Crippen molar-refractivity contribution in [1.29, 1.82) is 0 Å². The van der Waals surface area contributed by atoms with Crippen molar-refractivity contribution in [3.8, 4) is 0 Å². The molecule has 1 fully saturated rings. The maximum atomic E-state index is 12.7. The van der Waals surface area contributed by atoms with Gasteiger partial charge in [0.2, 0.25) is 5.91 Å². The lowest BCUT2D eigenvalue weighted by molar-refractivity contribution is -0.129. The maximum Gasteiger partial charge on any atom is 0.256 e. The Kier molecular flexibility index (Phi) is 7.57. The summed E-state index contributed by atoms with van der Waals surface area (Å²) in [5.41, 5.74) is 1.32. The number of anilines is 1. The minimum Gasteiger partial charge on any atom is -0.342 e. The van der Waals surface area contributed by atoms with Crippen LogP contribution in [0.5, 0.6) is 0 Å². The van der Waals surface area contributed by atoms with Gasteiger partial charge in [0.1, 0.15) is 0 Å². The molecule has 0 atom stereocenters. The predicted octanol–water partition coefficient (Wildman–Crippen LogP) is 5.58. The molecule has 0 aromatic heterocycles. The third-order valence-electron chi connectivity index (χ3n) is 5.10. The van der Waals surface area contributed by atoms with Gasteiger partial charge in [0, 0.05) is 28.1 Å². The standard InChI is InChI=1S/C22H25BrN2O2S/c1-25(18-7-3-2-4-8-18)21(26)15-28-20-10-6-5-9-19(20)22(27)24-17-13-11-16(23)12-14-17/h5-6,9-14,18H,2-4,7-8,15H2,1H3,(H,24,27). The number of nitrogens with zero attached hydrogens (tertiary/aromatic N) is 1. The second-order valence-electron chi connectivity index (χ2n) is 7.04. The fraction of sp³-hybridized carbons (Fsp3) is 0.364. The van der Waals surface area contributed by atoms with Crippen molar-refractivity contribution >= 4 is 45.2 Å². The number of halogens is 1. The van der Waals surface area contributed by atoms with E-state index in [-0.39, 0.29) is 11.8 Å². The Morgan fingerprint density at radius 3 is 2.46 bits per heavy atom. The first-order valence-electron chi connectivity index (χ1n) is 9.59. The minimum absolute atomic E-state index is 0.125. The van der Waals surface area contributed by atoms with E-state index in [0.29, 0.717) is 17.4 Å². The first kappa shape index (κ1) is 20.9. The number of benzene rings is 2. The molecule has 148 valence electrons. The van der Waals surface area contributed by atoms with E-state index in [1.807, 2.05) is 54.4 Å². The zero-order valence-corrected chi connectivity index (χ0v) is 18.4. The number of rotatable bonds is 6. The van der Waals surface area contributed by atoms with Gasteiger partial charge in [-0.15, -0.1) is 11.8 Å². The number of carbonyl (C=O) groups excluding carboxylic acids is 2. The van der Waals surface area contributed by atoms with E-state index in [1.165, 1.54) is 31.0 Å². The van der Waals surface area contributed by atoms with Gasteiger partial charge in [-0.1, -0.05) is 47.3 Å². The summed E-state index contributed by atoms with van der Waals surface area (Å²) in [5, 5.41) is 2.92. The first-order valence-corrected chi connectivity index (χ1v) is 11.4. The van der Waals surface area contributed by atoms with Crippen LogP contribution in [-0.2, 0) is 4.79 Å². The van der Waals surface area contributed by atoms with Crippen LogP contribution in [0.15, 0.2) is 57.9 Å². The van der Waals surface area contributed by atoms with E-state index in [9.17, 15) is 9.59 Å². The summed E-state index contributed by atoms with van der Waals surface area (Å²) in [6.45, 7) is 0. The zero-order valence-electron chi connectivity index (χ0n) is 16.0. The Morgan fingerprint density at radius 1 is 1.07 bits per heavy atom. The fourth-order valence-corrected chi connectivity index (χ4v) is 4.66. The molecule has 1 aliphatic carbocycles. The van der Waals surface area contributed by atoms with Crippen LogP contribution in [0.3, 0.4) is 0 Å². The summed E-state index contributed by atoms with van der Waals surface area (Å²) in [6, 6.07) is 15.3. The van der Waals surface area contributed by atoms with Crippen LogP contribution < -0.4 is 5.32 Å². The van der Waals surface area contributed by atoms with Gasteiger partial charge in [0.15, 0.2) is 0 Å². The third-order valence-corrected chi connectivity index (χ3v) is 6.69. The SMILES string of the molecule is CN(C(=O)CSc1ccccc1C(=O)Nc1ccc(Br)cc1)C1CCCCC1. The van der Waals surface area contributed by atoms with Gasteiger partial charge in [-0.05, 0) is 49.2 Å². The van der Waals surface area contributed by atoms with Crippen molar-refractivity contribution in [2.24, 2.45) is 0 Å². The molecule has 6 heteroatoms. The topological polar surface area (TPSA) is 49.4 Å². The predicted molar refractivity (Wildman–Crippen MR) is 119 cm³/mol. The van der Waals surface area contributed by atoms with Crippen LogP contribution in [0.25, 0.3) is 0 Å². The summed E-state index contributed by atoms with van der Waals surface area (Å²) in [6.07, 6.45) is 5.87. The van der Waals surface area contributed by atoms with E-state index >= 15 is 0 Å². The molecular formula is C22H25BrN2O2S. The fourth-order valence-electron chi connectivity index (χ4n) is 3.43. The smallest absolute Gasteiger partial charge is 0.256 e. The number of nitrogens with one attached hydrogen (secondary N) is 1. The number of hydrogen-bond acceptors (Lipinski definition) is 3. The van der Waals surface area contributed by atoms with Crippen LogP contribution in [0.2, 0.25) is 0 Å². The summed E-state index contributed by atoms with van der Waals surface area (Å²) in [5.74, 6) is 0.300. The highest BCUT2D eigenvalue weighted by Gasteiger charge is 2.22. The van der Waals surface area contributed by atoms with Crippen molar-refractivity contribution in [3.63, 3.8) is 0 Å². The van der Waals surface area contributed by atoms with E-state index < -0.39 is 0 Å². The first-order chi connectivity index (χ1) is 13.5. The lowest BCUT2D eigenvalue weighted by atomic mass is 9.94. The van der Waals surface area contributed by atoms with Crippen LogP contribution in [0.4, 0.5) is 5.69 Å². The van der Waals surface area contributed by atoms with Gasteiger partial charge in [0.25, 0.3) is 5.91 Å². The highest BCUT2D eigenvalue weighted by Crippen LogP contribution is 2.26. The molecule has 28 heavy (non-hydrogen) atoms. The van der Waals surface area contributed by atoms with Gasteiger partial charge >= 0.3 is 0 Å². The second-order valence-corrected chi connectivity index (χ2v) is 8.98. The molecule has 2 amide bonds. The Hall–Kier alpha value is -1.79. The highest BCUT2D eigenvalue weighted by molar-refractivity contribution is 9.10. The zero-order chi connectivity index (χ0) is 19.9. The average molecular weight is 461 g/mol. The van der Waals surface area contributed by atoms with Gasteiger partial charge in [-0.25, -0.2) is 0 Å². The number of hydrogen-bond donors (Lipinski definition) is 1. The lowest BCUT2D eigenvalue weighted by Crippen LogP contribution is -2.39. The van der Waals surface area contributed by atoms with Gasteiger partial charge in [-0.3, -0.25) is 9.59 Å². The van der Waals surface area contributed by atoms with E-state index in [2.05, 4.69) is 21.2 Å². The normalized spacial score (nSPS) is 14.5. The molecule has 0 saturated heterocycles. The summed E-state index contributed by atoms with van der Waals surface area (Å²) in [4.78, 5) is 28.1. The number of thioether (sulfide) groups is 1. The average Bonchev–Trinajstić information content (AvgIpc) is 2.74. The van der Waals surface area contributed by atoms with Crippen LogP contribution >= 0.6 is 27.7 Å². The van der Waals surface area contributed by atoms with Gasteiger partial charge in [-0.2, -0.15) is 0 Å². The summed E-state index contributed by atoms with van der Waals surface area (Å²) >= 11 is 4.82. The summed E-state index contributed by atoms with van der Waals surface area (Å²) in [7, 11) is 1.91. The van der Waals surface area contributed by atoms with Gasteiger partial charge in [0.05, 0.1) is 11.3 Å². The molecule has 1 N–H and O–H groups in total. The molecule has 2 aromatic rings. The number of amides is 2. The van der Waals surface area contributed by atoms with Gasteiger partial charge < -0.3 is 10.2 Å². The van der Waals surface area contributed by atoms with Crippen molar-refractivity contribution in [1.82, 2.24) is 4.90 Å². The summed E-state index contributed by atoms with van der Waals surface area (Å²) < 4.78 is 0.960. The molecule has 1 aliphatic rings. The Morgan fingerprint density at radius 2 is 1.75 bits per heavy atom. The Balaban J connectivity index is 1.62. The van der Waals surface area contributed by atoms with E-state index in [0.717, 1.165) is 27.9 Å².